The van der Waals surface area contributed by atoms with E-state index in [1.54, 1.807) is 0 Å². The van der Waals surface area contributed by atoms with Crippen LogP contribution in [0.1, 0.15) is 64.2 Å². The van der Waals surface area contributed by atoms with Gasteiger partial charge in [0.2, 0.25) is 0 Å². The first-order chi connectivity index (χ1) is 13.7. The van der Waals surface area contributed by atoms with Gasteiger partial charge >= 0.3 is 11.9 Å². The summed E-state index contributed by atoms with van der Waals surface area (Å²) in [6.45, 7) is 1.06. The first-order valence-corrected chi connectivity index (χ1v) is 11.3. The zero-order valence-electron chi connectivity index (χ0n) is 16.6. The molecular formula is C22H32O6. The van der Waals surface area contributed by atoms with Gasteiger partial charge in [0.15, 0.2) is 0 Å². The van der Waals surface area contributed by atoms with Gasteiger partial charge < -0.3 is 18.9 Å². The minimum absolute atomic E-state index is 0.0557. The molecule has 156 valence electrons. The standard InChI is InChI=1S/C22H32O6/c23-21(25-11-13-1-7-17-19(9-13)27-17)15-3-5-16(6-4-15)22(24)26-12-14-2-8-18-20(10-14)28-18/h13-20H,1-12H2. The largest absolute Gasteiger partial charge is 0.465 e. The Morgan fingerprint density at radius 1 is 0.607 bits per heavy atom. The monoisotopic (exact) mass is 392 g/mol. The van der Waals surface area contributed by atoms with Crippen LogP contribution in [0.4, 0.5) is 0 Å². The fraction of sp³-hybridized carbons (Fsp3) is 0.909. The van der Waals surface area contributed by atoms with E-state index in [2.05, 4.69) is 0 Å². The molecule has 0 aromatic heterocycles. The Bertz CT molecular complexity index is 546. The summed E-state index contributed by atoms with van der Waals surface area (Å²) in [6, 6.07) is 0. The number of esters is 2. The molecule has 5 rings (SSSR count). The Balaban J connectivity index is 0.981. The molecule has 3 aliphatic carbocycles. The lowest BCUT2D eigenvalue weighted by atomic mass is 9.82. The summed E-state index contributed by atoms with van der Waals surface area (Å²) >= 11 is 0. The summed E-state index contributed by atoms with van der Waals surface area (Å²) in [5.74, 6) is 0.642. The lowest BCUT2D eigenvalue weighted by molar-refractivity contribution is -0.156. The number of carbonyl (C=O) groups is 2. The van der Waals surface area contributed by atoms with E-state index in [9.17, 15) is 9.59 Å². The van der Waals surface area contributed by atoms with E-state index in [1.165, 1.54) is 0 Å². The number of hydrogen-bond acceptors (Lipinski definition) is 6. The van der Waals surface area contributed by atoms with Gasteiger partial charge in [0, 0.05) is 0 Å². The molecule has 0 radical (unpaired) electrons. The first kappa shape index (κ1) is 18.9. The minimum atomic E-state index is -0.0770. The molecule has 5 fully saturated rings. The molecule has 5 aliphatic rings. The second-order valence-electron chi connectivity index (χ2n) is 9.59. The molecule has 0 bridgehead atoms. The van der Waals surface area contributed by atoms with Crippen molar-refractivity contribution in [2.45, 2.75) is 88.6 Å². The van der Waals surface area contributed by atoms with Crippen molar-refractivity contribution in [2.75, 3.05) is 13.2 Å². The number of rotatable bonds is 6. The molecule has 6 heteroatoms. The van der Waals surface area contributed by atoms with Crippen molar-refractivity contribution in [1.29, 1.82) is 0 Å². The highest BCUT2D eigenvalue weighted by atomic mass is 16.6. The number of carbonyl (C=O) groups excluding carboxylic acids is 2. The molecule has 2 aliphatic heterocycles. The highest BCUT2D eigenvalue weighted by Crippen LogP contribution is 2.40. The highest BCUT2D eigenvalue weighted by molar-refractivity contribution is 5.75. The quantitative estimate of drug-likeness (QED) is 0.511. The van der Waals surface area contributed by atoms with Crippen LogP contribution in [0.2, 0.25) is 0 Å². The zero-order valence-corrected chi connectivity index (χ0v) is 16.6. The van der Waals surface area contributed by atoms with E-state index in [0.717, 1.165) is 64.2 Å². The second-order valence-corrected chi connectivity index (χ2v) is 9.59. The van der Waals surface area contributed by atoms with Gasteiger partial charge in [-0.25, -0.2) is 0 Å². The second kappa shape index (κ2) is 7.94. The van der Waals surface area contributed by atoms with Crippen LogP contribution < -0.4 is 0 Å². The summed E-state index contributed by atoms with van der Waals surface area (Å²) in [5, 5.41) is 0. The molecule has 0 aromatic rings. The van der Waals surface area contributed by atoms with Crippen LogP contribution >= 0.6 is 0 Å². The smallest absolute Gasteiger partial charge is 0.308 e. The van der Waals surface area contributed by atoms with Crippen LogP contribution in [-0.2, 0) is 28.5 Å². The van der Waals surface area contributed by atoms with E-state index in [1.807, 2.05) is 0 Å². The molecular weight excluding hydrogens is 360 g/mol. The van der Waals surface area contributed by atoms with Crippen LogP contribution in [-0.4, -0.2) is 49.6 Å². The molecule has 0 amide bonds. The van der Waals surface area contributed by atoms with Gasteiger partial charge in [0.1, 0.15) is 0 Å². The molecule has 0 aromatic carbocycles. The predicted octanol–water partition coefficient (Wildman–Crippen LogP) is 3.01. The van der Waals surface area contributed by atoms with Crippen molar-refractivity contribution < 1.29 is 28.5 Å². The molecule has 2 heterocycles. The van der Waals surface area contributed by atoms with Crippen molar-refractivity contribution in [2.24, 2.45) is 23.7 Å². The summed E-state index contributed by atoms with van der Waals surface area (Å²) in [5.41, 5.74) is 0. The molecule has 28 heavy (non-hydrogen) atoms. The first-order valence-electron chi connectivity index (χ1n) is 11.3. The van der Waals surface area contributed by atoms with E-state index in [0.29, 0.717) is 49.5 Å². The van der Waals surface area contributed by atoms with Crippen LogP contribution in [0.25, 0.3) is 0 Å². The molecule has 2 saturated heterocycles. The summed E-state index contributed by atoms with van der Waals surface area (Å²) in [4.78, 5) is 24.8. The van der Waals surface area contributed by atoms with Gasteiger partial charge in [0.05, 0.1) is 49.5 Å². The molecule has 6 nitrogen and oxygen atoms in total. The van der Waals surface area contributed by atoms with Crippen molar-refractivity contribution in [1.82, 2.24) is 0 Å². The lowest BCUT2D eigenvalue weighted by Crippen LogP contribution is -2.30. The molecule has 6 unspecified atom stereocenters. The Hall–Kier alpha value is -1.14. The molecule has 0 spiro atoms. The molecule has 6 atom stereocenters. The Labute approximate surface area is 166 Å². The average molecular weight is 392 g/mol. The maximum absolute atomic E-state index is 12.4. The SMILES string of the molecule is O=C(OCC1CCC2OC2C1)C1CCC(C(=O)OCC2CCC3OC3C2)CC1. The maximum Gasteiger partial charge on any atom is 0.308 e. The third kappa shape index (κ3) is 4.38. The van der Waals surface area contributed by atoms with Gasteiger partial charge in [-0.1, -0.05) is 0 Å². The van der Waals surface area contributed by atoms with Gasteiger partial charge in [-0.2, -0.15) is 0 Å². The van der Waals surface area contributed by atoms with E-state index in [-0.39, 0.29) is 23.8 Å². The van der Waals surface area contributed by atoms with Crippen molar-refractivity contribution in [3.63, 3.8) is 0 Å². The topological polar surface area (TPSA) is 77.7 Å². The molecule has 3 saturated carbocycles. The molecule has 0 N–H and O–H groups in total. The summed E-state index contributed by atoms with van der Waals surface area (Å²) < 4.78 is 22.3. The third-order valence-electron chi connectivity index (χ3n) is 7.54. The van der Waals surface area contributed by atoms with Crippen LogP contribution in [0.5, 0.6) is 0 Å². The van der Waals surface area contributed by atoms with Crippen molar-refractivity contribution >= 4 is 11.9 Å². The van der Waals surface area contributed by atoms with E-state index >= 15 is 0 Å². The lowest BCUT2D eigenvalue weighted by Gasteiger charge is -2.27. The number of epoxide rings is 2. The van der Waals surface area contributed by atoms with Crippen LogP contribution in [0.15, 0.2) is 0 Å². The van der Waals surface area contributed by atoms with E-state index < -0.39 is 0 Å². The van der Waals surface area contributed by atoms with Gasteiger partial charge in [-0.3, -0.25) is 9.59 Å². The van der Waals surface area contributed by atoms with Crippen LogP contribution in [0.3, 0.4) is 0 Å². The fourth-order valence-electron chi connectivity index (χ4n) is 5.48. The van der Waals surface area contributed by atoms with E-state index in [4.69, 9.17) is 18.9 Å². The number of hydrogen-bond donors (Lipinski definition) is 0. The third-order valence-corrected chi connectivity index (χ3v) is 7.54. The fourth-order valence-corrected chi connectivity index (χ4v) is 5.48. The normalized spacial score (nSPS) is 44.0. The van der Waals surface area contributed by atoms with Crippen LogP contribution in [0, 0.1) is 23.7 Å². The Morgan fingerprint density at radius 2 is 1.04 bits per heavy atom. The minimum Gasteiger partial charge on any atom is -0.465 e. The average Bonchev–Trinajstić information content (AvgIpc) is 3.64. The number of ether oxygens (including phenoxy) is 4. The maximum atomic E-state index is 12.4. The Morgan fingerprint density at radius 3 is 1.43 bits per heavy atom. The summed E-state index contributed by atoms with van der Waals surface area (Å²) in [7, 11) is 0. The Kier molecular flexibility index (Phi) is 5.35. The summed E-state index contributed by atoms with van der Waals surface area (Å²) in [6.07, 6.45) is 11.2. The van der Waals surface area contributed by atoms with Gasteiger partial charge in [0.25, 0.3) is 0 Å². The zero-order chi connectivity index (χ0) is 19.1. The van der Waals surface area contributed by atoms with Crippen molar-refractivity contribution in [3.8, 4) is 0 Å². The predicted molar refractivity (Wildman–Crippen MR) is 99.4 cm³/mol. The van der Waals surface area contributed by atoms with Gasteiger partial charge in [-0.15, -0.1) is 0 Å². The number of fused-ring (bicyclic) bond motifs is 2. The van der Waals surface area contributed by atoms with Gasteiger partial charge in [-0.05, 0) is 76.0 Å². The van der Waals surface area contributed by atoms with Crippen molar-refractivity contribution in [3.05, 3.63) is 0 Å². The highest BCUT2D eigenvalue weighted by Gasteiger charge is 2.45.